The number of unbranched alkanes of at least 4 members (excludes halogenated alkanes) is 1. The fourth-order valence-electron chi connectivity index (χ4n) is 4.49. The van der Waals surface area contributed by atoms with Crippen molar-refractivity contribution in [2.75, 3.05) is 19.8 Å². The van der Waals surface area contributed by atoms with E-state index in [-0.39, 0.29) is 6.03 Å². The lowest BCUT2D eigenvalue weighted by molar-refractivity contribution is -0.332. The van der Waals surface area contributed by atoms with Gasteiger partial charge in [-0.3, -0.25) is 9.59 Å². The van der Waals surface area contributed by atoms with Crippen molar-refractivity contribution in [3.63, 3.8) is 0 Å². The Labute approximate surface area is 165 Å². The quantitative estimate of drug-likeness (QED) is 0.476. The van der Waals surface area contributed by atoms with Gasteiger partial charge in [0.2, 0.25) is 5.41 Å². The van der Waals surface area contributed by atoms with E-state index in [9.17, 15) is 24.6 Å². The van der Waals surface area contributed by atoms with E-state index in [4.69, 9.17) is 9.47 Å². The first-order valence-electron chi connectivity index (χ1n) is 9.65. The van der Waals surface area contributed by atoms with Crippen LogP contribution in [0.2, 0.25) is 0 Å². The lowest BCUT2D eigenvalue weighted by atomic mass is 9.75. The number of carbonyl (C=O) groups is 3. The van der Waals surface area contributed by atoms with Crippen molar-refractivity contribution in [2.24, 2.45) is 5.41 Å². The molecule has 28 heavy (non-hydrogen) atoms. The maximum absolute atomic E-state index is 12.8. The first-order valence-corrected chi connectivity index (χ1v) is 9.65. The van der Waals surface area contributed by atoms with Gasteiger partial charge in [-0.25, -0.2) is 4.79 Å². The Balaban J connectivity index is 2.21. The fourth-order valence-corrected chi connectivity index (χ4v) is 4.49. The molecule has 2 heterocycles. The monoisotopic (exact) mass is 400 g/mol. The SMILES string of the molecule is CCCCNC(=O)N1C(C)(C)CC2(CC1(C)C)OCC(C(=O)O)(C(=O)O)CO2. The molecule has 2 aliphatic heterocycles. The van der Waals surface area contributed by atoms with Crippen LogP contribution in [0.1, 0.15) is 60.3 Å². The highest BCUT2D eigenvalue weighted by Crippen LogP contribution is 2.48. The van der Waals surface area contributed by atoms with E-state index >= 15 is 0 Å². The number of piperidine rings is 1. The number of carboxylic acid groups (broad SMARTS) is 2. The summed E-state index contributed by atoms with van der Waals surface area (Å²) in [4.78, 5) is 37.6. The van der Waals surface area contributed by atoms with E-state index in [2.05, 4.69) is 12.2 Å². The van der Waals surface area contributed by atoms with Crippen LogP contribution in [-0.2, 0) is 19.1 Å². The largest absolute Gasteiger partial charge is 0.480 e. The second-order valence-corrected chi connectivity index (χ2v) is 9.08. The summed E-state index contributed by atoms with van der Waals surface area (Å²) in [6.45, 7) is 9.29. The third-order valence-corrected chi connectivity index (χ3v) is 5.61. The highest BCUT2D eigenvalue weighted by Gasteiger charge is 2.61. The lowest BCUT2D eigenvalue weighted by Crippen LogP contribution is -2.71. The summed E-state index contributed by atoms with van der Waals surface area (Å²) >= 11 is 0. The molecule has 2 saturated heterocycles. The van der Waals surface area contributed by atoms with Crippen LogP contribution in [0.15, 0.2) is 0 Å². The summed E-state index contributed by atoms with van der Waals surface area (Å²) in [6.07, 6.45) is 2.48. The Morgan fingerprint density at radius 1 is 0.964 bits per heavy atom. The first-order chi connectivity index (χ1) is 12.8. The summed E-state index contributed by atoms with van der Waals surface area (Å²) in [5.41, 5.74) is -3.41. The van der Waals surface area contributed by atoms with Gasteiger partial charge in [-0.15, -0.1) is 0 Å². The van der Waals surface area contributed by atoms with Gasteiger partial charge in [0.1, 0.15) is 0 Å². The summed E-state index contributed by atoms with van der Waals surface area (Å²) in [5, 5.41) is 21.7. The number of aliphatic carboxylic acids is 2. The molecular formula is C19H32N2O7. The fraction of sp³-hybridized carbons (Fsp3) is 0.842. The van der Waals surface area contributed by atoms with Crippen molar-refractivity contribution in [2.45, 2.75) is 77.2 Å². The van der Waals surface area contributed by atoms with Crippen LogP contribution in [-0.4, -0.2) is 69.7 Å². The Morgan fingerprint density at radius 2 is 1.43 bits per heavy atom. The molecule has 0 unspecified atom stereocenters. The molecule has 0 aliphatic carbocycles. The Morgan fingerprint density at radius 3 is 1.82 bits per heavy atom. The van der Waals surface area contributed by atoms with E-state index in [1.165, 1.54) is 0 Å². The Hall–Kier alpha value is -1.87. The summed E-state index contributed by atoms with van der Waals surface area (Å²) in [5.74, 6) is -4.11. The van der Waals surface area contributed by atoms with Crippen LogP contribution in [0.5, 0.6) is 0 Å². The van der Waals surface area contributed by atoms with Crippen molar-refractivity contribution in [1.29, 1.82) is 0 Å². The van der Waals surface area contributed by atoms with Crippen LogP contribution in [0.25, 0.3) is 0 Å². The molecule has 2 fully saturated rings. The normalized spacial score (nSPS) is 24.5. The molecule has 0 radical (unpaired) electrons. The number of rotatable bonds is 5. The summed E-state index contributed by atoms with van der Waals surface area (Å²) in [7, 11) is 0. The minimum absolute atomic E-state index is 0.167. The Kier molecular flexibility index (Phi) is 6.02. The van der Waals surface area contributed by atoms with Gasteiger partial charge in [-0.1, -0.05) is 13.3 Å². The number of urea groups is 1. The molecule has 3 N–H and O–H groups in total. The molecule has 1 spiro atoms. The van der Waals surface area contributed by atoms with Crippen LogP contribution in [0, 0.1) is 5.41 Å². The summed E-state index contributed by atoms with van der Waals surface area (Å²) in [6, 6.07) is -0.167. The topological polar surface area (TPSA) is 125 Å². The molecule has 0 atom stereocenters. The van der Waals surface area contributed by atoms with Gasteiger partial charge in [0.15, 0.2) is 5.79 Å². The molecule has 0 saturated carbocycles. The number of nitrogens with zero attached hydrogens (tertiary/aromatic N) is 1. The zero-order valence-electron chi connectivity index (χ0n) is 17.3. The molecule has 9 nitrogen and oxygen atoms in total. The van der Waals surface area contributed by atoms with E-state index in [0.717, 1.165) is 12.8 Å². The standard InChI is InChI=1S/C19H32N2O7/c1-6-7-8-20-15(26)21-16(2,3)9-19(10-17(21,4)5)27-11-18(12-28-19,13(22)23)14(24)25/h6-12H2,1-5H3,(H,20,26)(H,22,23)(H,24,25). The molecule has 160 valence electrons. The molecule has 2 amide bonds. The van der Waals surface area contributed by atoms with Crippen LogP contribution >= 0.6 is 0 Å². The second kappa shape index (κ2) is 7.51. The number of carboxylic acids is 2. The van der Waals surface area contributed by atoms with E-state index in [1.807, 2.05) is 27.7 Å². The third-order valence-electron chi connectivity index (χ3n) is 5.61. The number of carbonyl (C=O) groups excluding carboxylic acids is 1. The van der Waals surface area contributed by atoms with Gasteiger partial charge < -0.3 is 29.9 Å². The molecule has 0 aromatic rings. The smallest absolute Gasteiger partial charge is 0.325 e. The van der Waals surface area contributed by atoms with Crippen LogP contribution < -0.4 is 5.32 Å². The molecule has 0 aromatic carbocycles. The van der Waals surface area contributed by atoms with Gasteiger partial charge in [0.25, 0.3) is 0 Å². The zero-order chi connectivity index (χ0) is 21.4. The van der Waals surface area contributed by atoms with E-state index in [0.29, 0.717) is 19.4 Å². The van der Waals surface area contributed by atoms with Crippen LogP contribution in [0.3, 0.4) is 0 Å². The van der Waals surface area contributed by atoms with Crippen molar-refractivity contribution < 1.29 is 34.1 Å². The lowest BCUT2D eigenvalue weighted by Gasteiger charge is -2.59. The van der Waals surface area contributed by atoms with Gasteiger partial charge in [0, 0.05) is 30.5 Å². The number of amides is 2. The molecule has 0 aromatic heterocycles. The number of ether oxygens (including phenoxy) is 2. The minimum atomic E-state index is -2.12. The van der Waals surface area contributed by atoms with Crippen LogP contribution in [0.4, 0.5) is 4.79 Å². The molecule has 0 bridgehead atoms. The van der Waals surface area contributed by atoms with Gasteiger partial charge in [-0.2, -0.15) is 0 Å². The minimum Gasteiger partial charge on any atom is -0.480 e. The Bertz CT molecular complexity index is 600. The molecule has 2 aliphatic rings. The van der Waals surface area contributed by atoms with Crippen molar-refractivity contribution in [3.8, 4) is 0 Å². The zero-order valence-corrected chi connectivity index (χ0v) is 17.3. The van der Waals surface area contributed by atoms with Gasteiger partial charge >= 0.3 is 18.0 Å². The average Bonchev–Trinajstić information content (AvgIpc) is 2.52. The molecule has 2 rings (SSSR count). The van der Waals surface area contributed by atoms with Crippen molar-refractivity contribution in [3.05, 3.63) is 0 Å². The predicted molar refractivity (Wildman–Crippen MR) is 99.9 cm³/mol. The van der Waals surface area contributed by atoms with E-state index in [1.54, 1.807) is 4.90 Å². The average molecular weight is 400 g/mol. The maximum Gasteiger partial charge on any atom is 0.325 e. The van der Waals surface area contributed by atoms with E-state index < -0.39 is 47.4 Å². The summed E-state index contributed by atoms with van der Waals surface area (Å²) < 4.78 is 11.6. The van der Waals surface area contributed by atoms with Gasteiger partial charge in [0.05, 0.1) is 13.2 Å². The number of hydrogen-bond donors (Lipinski definition) is 3. The highest BCUT2D eigenvalue weighted by atomic mass is 16.7. The highest BCUT2D eigenvalue weighted by molar-refractivity contribution is 5.98. The second-order valence-electron chi connectivity index (χ2n) is 9.08. The number of hydrogen-bond acceptors (Lipinski definition) is 5. The van der Waals surface area contributed by atoms with Crippen molar-refractivity contribution >= 4 is 18.0 Å². The third kappa shape index (κ3) is 3.96. The predicted octanol–water partition coefficient (Wildman–Crippen LogP) is 2.05. The van der Waals surface area contributed by atoms with Gasteiger partial charge in [-0.05, 0) is 34.1 Å². The molecular weight excluding hydrogens is 368 g/mol. The number of likely N-dealkylation sites (tertiary alicyclic amines) is 1. The number of nitrogens with one attached hydrogen (secondary N) is 1. The molecule has 9 heteroatoms. The maximum atomic E-state index is 12.8. The van der Waals surface area contributed by atoms with Crippen molar-refractivity contribution in [1.82, 2.24) is 10.2 Å². The first kappa shape index (κ1) is 22.4.